The van der Waals surface area contributed by atoms with Gasteiger partial charge in [-0.25, -0.2) is 0 Å². The Kier molecular flexibility index (Phi) is 11.8. The molecule has 0 unspecified atom stereocenters. The van der Waals surface area contributed by atoms with Gasteiger partial charge in [-0.3, -0.25) is 24.0 Å². The van der Waals surface area contributed by atoms with E-state index in [9.17, 15) is 29.1 Å². The van der Waals surface area contributed by atoms with Crippen LogP contribution < -0.4 is 0 Å². The van der Waals surface area contributed by atoms with Gasteiger partial charge >= 0.3 is 17.9 Å². The Hall–Kier alpha value is -3.20. The number of benzene rings is 1. The Balaban J connectivity index is 1.33. The van der Waals surface area contributed by atoms with Crippen LogP contribution in [0.3, 0.4) is 0 Å². The summed E-state index contributed by atoms with van der Waals surface area (Å²) in [7, 11) is 0. The number of carboxylic acid groups (broad SMARTS) is 1. The summed E-state index contributed by atoms with van der Waals surface area (Å²) in [5.74, 6) is -1.02. The fourth-order valence-electron chi connectivity index (χ4n) is 13.7. The highest BCUT2D eigenvalue weighted by Gasteiger charge is 2.71. The average Bonchev–Trinajstić information content (AvgIpc) is 3.42. The second-order valence-electron chi connectivity index (χ2n) is 21.2. The summed E-state index contributed by atoms with van der Waals surface area (Å²) in [6.07, 6.45) is 6.32. The van der Waals surface area contributed by atoms with Crippen molar-refractivity contribution < 1.29 is 38.6 Å². The number of ketones is 1. The largest absolute Gasteiger partial charge is 0.481 e. The summed E-state index contributed by atoms with van der Waals surface area (Å²) in [6.45, 7) is 22.8. The lowest BCUT2D eigenvalue weighted by molar-refractivity contribution is -0.235. The number of rotatable bonds is 11. The zero-order valence-electron chi connectivity index (χ0n) is 36.9. The number of aliphatic carboxylic acids is 1. The molecule has 9 atom stereocenters. The van der Waals surface area contributed by atoms with Gasteiger partial charge < -0.3 is 19.5 Å². The minimum absolute atomic E-state index is 0.00123. The summed E-state index contributed by atoms with van der Waals surface area (Å²) >= 11 is 6.18. The first kappa shape index (κ1) is 44.4. The Morgan fingerprint density at radius 2 is 1.55 bits per heavy atom. The lowest BCUT2D eigenvalue weighted by atomic mass is 9.33. The van der Waals surface area contributed by atoms with Gasteiger partial charge in [0.15, 0.2) is 5.78 Å². The smallest absolute Gasteiger partial charge is 0.309 e. The second kappa shape index (κ2) is 15.4. The van der Waals surface area contributed by atoms with E-state index in [0.29, 0.717) is 29.8 Å². The molecular formula is C48H68ClNO8. The van der Waals surface area contributed by atoms with Gasteiger partial charge in [0.25, 0.3) is 0 Å². The molecule has 58 heavy (non-hydrogen) atoms. The first-order chi connectivity index (χ1) is 26.8. The number of halogens is 1. The first-order valence-corrected chi connectivity index (χ1v) is 22.1. The lowest BCUT2D eigenvalue weighted by Crippen LogP contribution is -2.66. The summed E-state index contributed by atoms with van der Waals surface area (Å²) in [4.78, 5) is 67.5. The molecule has 320 valence electrons. The average molecular weight is 823 g/mol. The first-order valence-electron chi connectivity index (χ1n) is 21.7. The molecule has 9 nitrogen and oxygen atoms in total. The Morgan fingerprint density at radius 1 is 0.897 bits per heavy atom. The molecule has 0 aliphatic heterocycles. The predicted octanol–water partition coefficient (Wildman–Crippen LogP) is 10.0. The van der Waals surface area contributed by atoms with Gasteiger partial charge in [0.1, 0.15) is 12.2 Å². The van der Waals surface area contributed by atoms with Crippen molar-refractivity contribution in [2.45, 2.75) is 159 Å². The second-order valence-corrected chi connectivity index (χ2v) is 21.6. The van der Waals surface area contributed by atoms with E-state index in [1.165, 1.54) is 12.5 Å². The van der Waals surface area contributed by atoms with Crippen LogP contribution in [-0.2, 0) is 40.0 Å². The van der Waals surface area contributed by atoms with Crippen LogP contribution in [0.5, 0.6) is 0 Å². The van der Waals surface area contributed by atoms with Crippen molar-refractivity contribution in [3.05, 3.63) is 46.0 Å². The number of carbonyl (C=O) groups is 5. The maximum absolute atomic E-state index is 14.4. The van der Waals surface area contributed by atoms with Crippen LogP contribution >= 0.6 is 11.6 Å². The minimum atomic E-state index is -1.19. The van der Waals surface area contributed by atoms with Crippen molar-refractivity contribution in [2.75, 3.05) is 6.54 Å². The van der Waals surface area contributed by atoms with E-state index in [1.54, 1.807) is 25.7 Å². The molecule has 6 rings (SSSR count). The molecule has 4 saturated carbocycles. The zero-order valence-corrected chi connectivity index (χ0v) is 37.6. The number of hydrogen-bond donors (Lipinski definition) is 1. The molecule has 1 amide bonds. The third-order valence-corrected chi connectivity index (χ3v) is 17.2. The van der Waals surface area contributed by atoms with Crippen molar-refractivity contribution in [3.63, 3.8) is 0 Å². The van der Waals surface area contributed by atoms with Crippen molar-refractivity contribution in [2.24, 2.45) is 56.2 Å². The van der Waals surface area contributed by atoms with E-state index in [-0.39, 0.29) is 70.7 Å². The Morgan fingerprint density at radius 3 is 2.14 bits per heavy atom. The summed E-state index contributed by atoms with van der Waals surface area (Å²) < 4.78 is 12.5. The van der Waals surface area contributed by atoms with Gasteiger partial charge in [-0.1, -0.05) is 72.2 Å². The number of esters is 2. The van der Waals surface area contributed by atoms with Crippen LogP contribution in [0.2, 0.25) is 5.02 Å². The zero-order chi connectivity index (χ0) is 43.0. The molecular weight excluding hydrogens is 754 g/mol. The number of allylic oxidation sites excluding steroid dienone is 1. The van der Waals surface area contributed by atoms with Crippen LogP contribution in [0.25, 0.3) is 0 Å². The molecule has 0 aromatic heterocycles. The van der Waals surface area contributed by atoms with E-state index >= 15 is 0 Å². The molecule has 1 N–H and O–H groups in total. The fraction of sp³-hybridized carbons (Fsp3) is 0.729. The predicted molar refractivity (Wildman–Crippen MR) is 223 cm³/mol. The lowest BCUT2D eigenvalue weighted by Gasteiger charge is -2.72. The molecule has 0 spiro atoms. The highest BCUT2D eigenvalue weighted by Crippen LogP contribution is 2.77. The monoisotopic (exact) mass is 821 g/mol. The quantitative estimate of drug-likeness (QED) is 0.219. The van der Waals surface area contributed by atoms with E-state index in [1.807, 2.05) is 24.3 Å². The number of fused-ring (bicyclic) bond motifs is 7. The van der Waals surface area contributed by atoms with Crippen molar-refractivity contribution in [1.29, 1.82) is 0 Å². The van der Waals surface area contributed by atoms with Crippen LogP contribution in [0, 0.1) is 56.2 Å². The van der Waals surface area contributed by atoms with E-state index in [0.717, 1.165) is 56.1 Å². The number of Topliss-reactive ketones (excluding diaryl/α,β-unsaturated/α-hetero) is 1. The van der Waals surface area contributed by atoms with E-state index in [4.69, 9.17) is 21.1 Å². The third kappa shape index (κ3) is 7.25. The summed E-state index contributed by atoms with van der Waals surface area (Å²) in [5, 5.41) is 10.3. The fourth-order valence-corrected chi connectivity index (χ4v) is 13.9. The molecule has 1 aromatic rings. The number of amides is 1. The van der Waals surface area contributed by atoms with E-state index < -0.39 is 34.8 Å². The standard InChI is InChI=1S/C48H68ClNO8/c1-28(2)40-34(53)24-48(38(57-30(4)52)27-50(29(3)51)26-31-12-14-32(49)15-13-31)23-22-46(10)33(41(40)48)16-17-36-45(9)20-19-37(58-39(54)25-43(5,6)42(55)56)44(7,8)35(45)18-21-47(36,46)11/h12-15,28,33,35-38H,16-27H2,1-11H3,(H,55,56)/t33-,35+,36-,37+,38+,45+,46-,47-,48+/m1/s1. The maximum Gasteiger partial charge on any atom is 0.309 e. The number of carboxylic acids is 1. The highest BCUT2D eigenvalue weighted by molar-refractivity contribution is 6.30. The molecule has 0 heterocycles. The molecule has 10 heteroatoms. The van der Waals surface area contributed by atoms with Gasteiger partial charge in [0, 0.05) is 42.7 Å². The van der Waals surface area contributed by atoms with Crippen molar-refractivity contribution in [1.82, 2.24) is 4.90 Å². The van der Waals surface area contributed by atoms with Gasteiger partial charge in [0.05, 0.1) is 18.4 Å². The number of nitrogens with zero attached hydrogens (tertiary/aromatic N) is 1. The molecule has 5 aliphatic carbocycles. The molecule has 5 aliphatic rings. The summed E-state index contributed by atoms with van der Waals surface area (Å²) in [5.41, 5.74) is 0.629. The van der Waals surface area contributed by atoms with Gasteiger partial charge in [-0.05, 0) is 134 Å². The maximum atomic E-state index is 14.4. The number of carbonyl (C=O) groups excluding carboxylic acids is 4. The summed E-state index contributed by atoms with van der Waals surface area (Å²) in [6, 6.07) is 7.43. The van der Waals surface area contributed by atoms with Crippen LogP contribution in [0.1, 0.15) is 146 Å². The molecule has 0 bridgehead atoms. The van der Waals surface area contributed by atoms with Gasteiger partial charge in [-0.15, -0.1) is 0 Å². The highest BCUT2D eigenvalue weighted by atomic mass is 35.5. The van der Waals surface area contributed by atoms with Crippen LogP contribution in [0.4, 0.5) is 0 Å². The molecule has 4 fully saturated rings. The molecule has 0 radical (unpaired) electrons. The Labute approximate surface area is 351 Å². The number of hydrogen-bond acceptors (Lipinski definition) is 7. The topological polar surface area (TPSA) is 127 Å². The SMILES string of the molecule is CC(=O)O[C@@H](CN(Cc1ccc(Cl)cc1)C(C)=O)[C@@]12CC[C@]3(C)[C@H](CC[C@@H]4[C@@]5(C)CC[C@H](OC(=O)CC(C)(C)C(=O)O)C(C)(C)[C@@H]5CC[C@]43C)C1=C(C(C)C)C(=O)C2. The molecule has 0 saturated heterocycles. The molecule has 1 aromatic carbocycles. The minimum Gasteiger partial charge on any atom is -0.481 e. The van der Waals surface area contributed by atoms with Gasteiger partial charge in [-0.2, -0.15) is 0 Å². The van der Waals surface area contributed by atoms with Crippen LogP contribution in [-0.4, -0.2) is 58.4 Å². The van der Waals surface area contributed by atoms with Gasteiger partial charge in [0.2, 0.25) is 5.91 Å². The normalized spacial score (nSPS) is 34.6. The van der Waals surface area contributed by atoms with Crippen molar-refractivity contribution >= 4 is 41.2 Å². The Bertz CT molecular complexity index is 1870. The third-order valence-electron chi connectivity index (χ3n) is 16.9. The van der Waals surface area contributed by atoms with Crippen LogP contribution in [0.15, 0.2) is 35.4 Å². The van der Waals surface area contributed by atoms with Crippen molar-refractivity contribution in [3.8, 4) is 0 Å². The van der Waals surface area contributed by atoms with E-state index in [2.05, 4.69) is 48.5 Å². The number of ether oxygens (including phenoxy) is 2.